The Labute approximate surface area is 193 Å². The minimum absolute atomic E-state index is 0.150. The zero-order valence-corrected chi connectivity index (χ0v) is 19.3. The summed E-state index contributed by atoms with van der Waals surface area (Å²) >= 11 is 3.20. The molecule has 32 heavy (non-hydrogen) atoms. The Morgan fingerprint density at radius 3 is 2.00 bits per heavy atom. The minimum Gasteiger partial charge on any atom is -0.497 e. The van der Waals surface area contributed by atoms with Gasteiger partial charge in [-0.1, -0.05) is 12.1 Å². The number of hydrogen-bond donors (Lipinski definition) is 1. The van der Waals surface area contributed by atoms with Crippen molar-refractivity contribution < 1.29 is 13.2 Å². The van der Waals surface area contributed by atoms with Gasteiger partial charge in [-0.2, -0.15) is 0 Å². The van der Waals surface area contributed by atoms with Crippen molar-refractivity contribution in [2.24, 2.45) is 0 Å². The SMILES string of the molecule is COc1ccc(S(=O)(=O)Nc2ccc3nc(-c4cccs4)c(-c4cccs4)nc3c2)cc1. The molecule has 0 bridgehead atoms. The number of fused-ring (bicyclic) bond motifs is 1. The van der Waals surface area contributed by atoms with Crippen LogP contribution in [0.2, 0.25) is 0 Å². The molecule has 9 heteroatoms. The maximum atomic E-state index is 12.8. The van der Waals surface area contributed by atoms with Gasteiger partial charge in [0.05, 0.1) is 38.5 Å². The summed E-state index contributed by atoms with van der Waals surface area (Å²) in [6.45, 7) is 0. The number of nitrogens with one attached hydrogen (secondary N) is 1. The second kappa shape index (κ2) is 8.34. The highest BCUT2D eigenvalue weighted by Gasteiger charge is 2.17. The molecule has 0 radical (unpaired) electrons. The van der Waals surface area contributed by atoms with E-state index in [1.54, 1.807) is 53.0 Å². The standard InChI is InChI=1S/C23H17N3O3S3/c1-29-16-7-9-17(10-8-16)32(27,28)26-15-6-11-18-19(14-15)25-23(21-5-3-13-31-21)22(24-18)20-4-2-12-30-20/h2-14,26H,1H3. The molecule has 3 aromatic heterocycles. The van der Waals surface area contributed by atoms with Gasteiger partial charge in [0.15, 0.2) is 0 Å². The van der Waals surface area contributed by atoms with E-state index in [-0.39, 0.29) is 4.90 Å². The molecule has 0 amide bonds. The molecule has 0 aliphatic rings. The molecule has 0 spiro atoms. The summed E-state index contributed by atoms with van der Waals surface area (Å²) in [5.41, 5.74) is 3.33. The molecule has 0 aliphatic heterocycles. The first-order chi connectivity index (χ1) is 15.5. The van der Waals surface area contributed by atoms with Gasteiger partial charge in [0.1, 0.15) is 17.1 Å². The molecular weight excluding hydrogens is 462 g/mol. The number of nitrogens with zero attached hydrogens (tertiary/aromatic N) is 2. The molecule has 0 unspecified atom stereocenters. The minimum atomic E-state index is -3.75. The lowest BCUT2D eigenvalue weighted by Gasteiger charge is -2.11. The van der Waals surface area contributed by atoms with Gasteiger partial charge < -0.3 is 4.74 Å². The highest BCUT2D eigenvalue weighted by Crippen LogP contribution is 2.36. The van der Waals surface area contributed by atoms with E-state index in [0.29, 0.717) is 22.5 Å². The Balaban J connectivity index is 1.55. The Morgan fingerprint density at radius 2 is 1.44 bits per heavy atom. The quantitative estimate of drug-likeness (QED) is 0.328. The van der Waals surface area contributed by atoms with Crippen LogP contribution < -0.4 is 9.46 Å². The lowest BCUT2D eigenvalue weighted by atomic mass is 10.2. The van der Waals surface area contributed by atoms with Gasteiger partial charge in [-0.3, -0.25) is 4.72 Å². The Hall–Kier alpha value is -3.27. The third kappa shape index (κ3) is 3.97. The predicted molar refractivity (Wildman–Crippen MR) is 130 cm³/mol. The molecule has 0 saturated heterocycles. The van der Waals surface area contributed by atoms with E-state index < -0.39 is 10.0 Å². The van der Waals surface area contributed by atoms with E-state index in [0.717, 1.165) is 21.1 Å². The number of anilines is 1. The van der Waals surface area contributed by atoms with Crippen molar-refractivity contribution in [2.75, 3.05) is 11.8 Å². The van der Waals surface area contributed by atoms with E-state index in [1.165, 1.54) is 19.2 Å². The van der Waals surface area contributed by atoms with Crippen molar-refractivity contribution in [3.8, 4) is 26.9 Å². The number of benzene rings is 2. The number of methoxy groups -OCH3 is 1. The molecule has 6 nitrogen and oxygen atoms in total. The number of rotatable bonds is 6. The second-order valence-corrected chi connectivity index (χ2v) is 10.4. The molecule has 0 saturated carbocycles. The van der Waals surface area contributed by atoms with Gasteiger partial charge in [-0.15, -0.1) is 22.7 Å². The largest absolute Gasteiger partial charge is 0.497 e. The Kier molecular flexibility index (Phi) is 5.38. The molecular formula is C23H17N3O3S3. The van der Waals surface area contributed by atoms with Gasteiger partial charge in [0.25, 0.3) is 10.0 Å². The van der Waals surface area contributed by atoms with Crippen molar-refractivity contribution >= 4 is 49.4 Å². The van der Waals surface area contributed by atoms with Crippen LogP contribution in [-0.4, -0.2) is 25.5 Å². The van der Waals surface area contributed by atoms with Crippen LogP contribution in [0.25, 0.3) is 32.2 Å². The number of hydrogen-bond acceptors (Lipinski definition) is 7. The highest BCUT2D eigenvalue weighted by atomic mass is 32.2. The zero-order chi connectivity index (χ0) is 22.1. The topological polar surface area (TPSA) is 81.2 Å². The van der Waals surface area contributed by atoms with Gasteiger partial charge in [-0.25, -0.2) is 18.4 Å². The van der Waals surface area contributed by atoms with Crippen molar-refractivity contribution in [1.29, 1.82) is 0 Å². The van der Waals surface area contributed by atoms with Crippen molar-refractivity contribution in [3.63, 3.8) is 0 Å². The first-order valence-electron chi connectivity index (χ1n) is 9.60. The van der Waals surface area contributed by atoms with E-state index in [1.807, 2.05) is 35.0 Å². The summed E-state index contributed by atoms with van der Waals surface area (Å²) in [5, 5.41) is 4.01. The monoisotopic (exact) mass is 479 g/mol. The van der Waals surface area contributed by atoms with E-state index in [2.05, 4.69) is 4.72 Å². The molecule has 5 aromatic rings. The van der Waals surface area contributed by atoms with Crippen LogP contribution in [0.1, 0.15) is 0 Å². The second-order valence-electron chi connectivity index (χ2n) is 6.86. The fourth-order valence-electron chi connectivity index (χ4n) is 3.26. The molecule has 0 fully saturated rings. The van der Waals surface area contributed by atoms with Crippen LogP contribution in [0.4, 0.5) is 5.69 Å². The van der Waals surface area contributed by atoms with Crippen LogP contribution in [0.15, 0.2) is 82.4 Å². The van der Waals surface area contributed by atoms with Crippen LogP contribution in [0.5, 0.6) is 5.75 Å². The van der Waals surface area contributed by atoms with Gasteiger partial charge in [0.2, 0.25) is 0 Å². The summed E-state index contributed by atoms with van der Waals surface area (Å²) < 4.78 is 33.4. The first-order valence-corrected chi connectivity index (χ1v) is 12.8. The van der Waals surface area contributed by atoms with Crippen LogP contribution in [0, 0.1) is 0 Å². The fourth-order valence-corrected chi connectivity index (χ4v) is 5.74. The summed E-state index contributed by atoms with van der Waals surface area (Å²) in [6, 6.07) is 19.4. The van der Waals surface area contributed by atoms with Gasteiger partial charge in [0, 0.05) is 0 Å². The number of thiophene rings is 2. The van der Waals surface area contributed by atoms with Crippen molar-refractivity contribution in [1.82, 2.24) is 9.97 Å². The molecule has 0 atom stereocenters. The fraction of sp³-hybridized carbons (Fsp3) is 0.0435. The van der Waals surface area contributed by atoms with Gasteiger partial charge >= 0.3 is 0 Å². The normalized spacial score (nSPS) is 11.5. The lowest BCUT2D eigenvalue weighted by molar-refractivity contribution is 0.414. The zero-order valence-electron chi connectivity index (χ0n) is 16.8. The highest BCUT2D eigenvalue weighted by molar-refractivity contribution is 7.92. The third-order valence-corrected chi connectivity index (χ3v) is 7.95. The maximum absolute atomic E-state index is 12.8. The van der Waals surface area contributed by atoms with Crippen molar-refractivity contribution in [3.05, 3.63) is 77.5 Å². The van der Waals surface area contributed by atoms with E-state index in [4.69, 9.17) is 14.7 Å². The van der Waals surface area contributed by atoms with E-state index in [9.17, 15) is 8.42 Å². The van der Waals surface area contributed by atoms with Crippen LogP contribution in [-0.2, 0) is 10.0 Å². The number of ether oxygens (including phenoxy) is 1. The summed E-state index contributed by atoms with van der Waals surface area (Å²) in [6.07, 6.45) is 0. The molecule has 0 aliphatic carbocycles. The summed E-state index contributed by atoms with van der Waals surface area (Å²) in [4.78, 5) is 11.9. The molecule has 3 heterocycles. The summed E-state index contributed by atoms with van der Waals surface area (Å²) in [5.74, 6) is 0.590. The Bertz CT molecular complexity index is 1480. The smallest absolute Gasteiger partial charge is 0.261 e. The van der Waals surface area contributed by atoms with Crippen LogP contribution in [0.3, 0.4) is 0 Å². The average Bonchev–Trinajstić information content (AvgIpc) is 3.52. The number of aromatic nitrogens is 2. The first kappa shape index (κ1) is 20.6. The van der Waals surface area contributed by atoms with Crippen LogP contribution >= 0.6 is 22.7 Å². The number of sulfonamides is 1. The molecule has 2 aromatic carbocycles. The van der Waals surface area contributed by atoms with Crippen molar-refractivity contribution in [2.45, 2.75) is 4.90 Å². The van der Waals surface area contributed by atoms with Gasteiger partial charge in [-0.05, 0) is 65.4 Å². The summed E-state index contributed by atoms with van der Waals surface area (Å²) in [7, 11) is -2.22. The molecule has 160 valence electrons. The molecule has 5 rings (SSSR count). The lowest BCUT2D eigenvalue weighted by Crippen LogP contribution is -2.12. The maximum Gasteiger partial charge on any atom is 0.261 e. The third-order valence-electron chi connectivity index (χ3n) is 4.80. The molecule has 1 N–H and O–H groups in total. The van der Waals surface area contributed by atoms with E-state index >= 15 is 0 Å². The average molecular weight is 480 g/mol. The Morgan fingerprint density at radius 1 is 0.812 bits per heavy atom. The predicted octanol–water partition coefficient (Wildman–Crippen LogP) is 5.90.